The molecule has 0 saturated heterocycles. The summed E-state index contributed by atoms with van der Waals surface area (Å²) in [6.45, 7) is 0.364. The Balaban J connectivity index is 2.99. The fraction of sp³-hybridized carbons (Fsp3) is 0.947. The summed E-state index contributed by atoms with van der Waals surface area (Å²) in [5.41, 5.74) is 0. The van der Waals surface area contributed by atoms with Gasteiger partial charge in [0.2, 0.25) is 0 Å². The molecule has 0 aliphatic heterocycles. The Morgan fingerprint density at radius 2 is 0.897 bits per heavy atom. The summed E-state index contributed by atoms with van der Waals surface area (Å²) >= 11 is 0. The fourth-order valence-corrected chi connectivity index (χ4v) is 3.01. The second-order valence-electron chi connectivity index (χ2n) is 7.04. The quantitative estimate of drug-likeness (QED) is 0.105. The Kier molecular flexibility index (Phi) is 24.4. The lowest BCUT2D eigenvalue weighted by molar-refractivity contribution is -0.812. The number of hydrogen-bond acceptors (Lipinski definition) is 9. The average Bonchev–Trinajstić information content (AvgIpc) is 2.71. The molecule has 0 unspecified atom stereocenters. The Morgan fingerprint density at radius 3 is 1.34 bits per heavy atom. The van der Waals surface area contributed by atoms with Crippen LogP contribution >= 0.6 is 0 Å². The van der Waals surface area contributed by atoms with Gasteiger partial charge in [-0.2, -0.15) is 0 Å². The van der Waals surface area contributed by atoms with Crippen LogP contribution in [0, 0.1) is 0 Å². The lowest BCUT2D eigenvalue weighted by Crippen LogP contribution is -2.01. The van der Waals surface area contributed by atoms with Gasteiger partial charge in [0, 0.05) is 6.42 Å². The van der Waals surface area contributed by atoms with Crippen LogP contribution in [0.5, 0.6) is 0 Å². The van der Waals surface area contributed by atoms with Crippen molar-refractivity contribution in [1.29, 1.82) is 0 Å². The number of hydrogen-bond donors (Lipinski definition) is 2. The molecule has 174 valence electrons. The van der Waals surface area contributed by atoms with E-state index in [4.69, 9.17) is 10.4 Å². The number of unbranched alkanes of at least 4 members (excludes halogenated alkanes) is 15. The van der Waals surface area contributed by atoms with Crippen molar-refractivity contribution >= 4 is 5.97 Å². The van der Waals surface area contributed by atoms with Crippen molar-refractivity contribution < 1.29 is 50.3 Å². The number of carboxylic acids is 1. The predicted molar refractivity (Wildman–Crippen MR) is 101 cm³/mol. The summed E-state index contributed by atoms with van der Waals surface area (Å²) in [5, 5.41) is 38.1. The van der Waals surface area contributed by atoms with E-state index in [0.717, 1.165) is 32.1 Å². The SMILES string of the molecule is O=C(O)CCCCCCCCCCCCCCCCCCOOOOOOOO. The Bertz CT molecular complexity index is 330. The summed E-state index contributed by atoms with van der Waals surface area (Å²) in [5.74, 6) is -0.682. The molecule has 0 bridgehead atoms. The molecule has 10 nitrogen and oxygen atoms in total. The molecular formula is C19H38O10. The van der Waals surface area contributed by atoms with Crippen molar-refractivity contribution in [2.75, 3.05) is 6.61 Å². The first-order chi connectivity index (χ1) is 14.3. The van der Waals surface area contributed by atoms with Crippen molar-refractivity contribution in [2.24, 2.45) is 0 Å². The molecule has 29 heavy (non-hydrogen) atoms. The van der Waals surface area contributed by atoms with Gasteiger partial charge in [-0.15, -0.1) is 0 Å². The first-order valence-electron chi connectivity index (χ1n) is 10.8. The van der Waals surface area contributed by atoms with E-state index in [1.807, 2.05) is 0 Å². The van der Waals surface area contributed by atoms with Crippen LogP contribution in [0.15, 0.2) is 0 Å². The summed E-state index contributed by atoms with van der Waals surface area (Å²) in [6.07, 6.45) is 19.3. The van der Waals surface area contributed by atoms with Gasteiger partial charge >= 0.3 is 5.97 Å². The van der Waals surface area contributed by atoms with Crippen LogP contribution in [-0.4, -0.2) is 22.9 Å². The minimum Gasteiger partial charge on any atom is -0.481 e. The number of carboxylic acid groups (broad SMARTS) is 1. The van der Waals surface area contributed by atoms with Crippen LogP contribution in [0.3, 0.4) is 0 Å². The molecule has 0 aliphatic rings. The Labute approximate surface area is 172 Å². The van der Waals surface area contributed by atoms with E-state index in [0.29, 0.717) is 13.0 Å². The maximum Gasteiger partial charge on any atom is 0.303 e. The van der Waals surface area contributed by atoms with Crippen molar-refractivity contribution in [1.82, 2.24) is 0 Å². The van der Waals surface area contributed by atoms with E-state index < -0.39 is 5.97 Å². The van der Waals surface area contributed by atoms with Crippen LogP contribution in [0.4, 0.5) is 0 Å². The molecule has 0 heterocycles. The molecule has 0 aromatic carbocycles. The van der Waals surface area contributed by atoms with E-state index >= 15 is 0 Å². The van der Waals surface area contributed by atoms with E-state index in [1.165, 1.54) is 70.6 Å². The van der Waals surface area contributed by atoms with Crippen LogP contribution in [-0.2, 0) is 39.9 Å². The second-order valence-corrected chi connectivity index (χ2v) is 7.04. The predicted octanol–water partition coefficient (Wildman–Crippen LogP) is 5.78. The normalized spacial score (nSPS) is 11.2. The van der Waals surface area contributed by atoms with Gasteiger partial charge in [0.05, 0.1) is 6.61 Å². The molecule has 0 atom stereocenters. The zero-order chi connectivity index (χ0) is 21.3. The monoisotopic (exact) mass is 426 g/mol. The summed E-state index contributed by atoms with van der Waals surface area (Å²) < 4.78 is 0. The van der Waals surface area contributed by atoms with Gasteiger partial charge in [0.25, 0.3) is 0 Å². The molecule has 0 spiro atoms. The van der Waals surface area contributed by atoms with Gasteiger partial charge in [-0.3, -0.25) is 4.79 Å². The van der Waals surface area contributed by atoms with Gasteiger partial charge in [-0.1, -0.05) is 89.9 Å². The third-order valence-electron chi connectivity index (χ3n) is 4.56. The molecule has 0 saturated carbocycles. The minimum atomic E-state index is -0.682. The Morgan fingerprint density at radius 1 is 0.517 bits per heavy atom. The topological polar surface area (TPSA) is 122 Å². The smallest absolute Gasteiger partial charge is 0.303 e. The molecule has 2 N–H and O–H groups in total. The molecule has 0 rings (SSSR count). The summed E-state index contributed by atoms with van der Waals surface area (Å²) in [6, 6.07) is 0. The van der Waals surface area contributed by atoms with E-state index in [2.05, 4.69) is 35.1 Å². The van der Waals surface area contributed by atoms with Gasteiger partial charge in [0.15, 0.2) is 0 Å². The van der Waals surface area contributed by atoms with Crippen molar-refractivity contribution in [2.45, 2.75) is 109 Å². The third kappa shape index (κ3) is 27.1. The molecule has 0 fully saturated rings. The van der Waals surface area contributed by atoms with Crippen molar-refractivity contribution in [3.63, 3.8) is 0 Å². The molecule has 0 aliphatic carbocycles. The molecular weight excluding hydrogens is 388 g/mol. The minimum absolute atomic E-state index is 0.311. The van der Waals surface area contributed by atoms with Gasteiger partial charge in [-0.05, 0) is 43.1 Å². The standard InChI is InChI=1S/C19H38O10/c20-19(21)17-15-13-11-9-7-5-3-1-2-4-6-8-10-12-14-16-18-23-25-27-29-28-26-24-22/h22H,1-18H2,(H,20,21). The highest BCUT2D eigenvalue weighted by molar-refractivity contribution is 5.66. The molecule has 0 aromatic rings. The van der Waals surface area contributed by atoms with E-state index in [-0.39, 0.29) is 0 Å². The summed E-state index contributed by atoms with van der Waals surface area (Å²) in [4.78, 5) is 15.0. The largest absolute Gasteiger partial charge is 0.481 e. The molecule has 10 heteroatoms. The average molecular weight is 427 g/mol. The summed E-state index contributed by atoms with van der Waals surface area (Å²) in [7, 11) is 0. The van der Waals surface area contributed by atoms with Crippen LogP contribution in [0.1, 0.15) is 109 Å². The van der Waals surface area contributed by atoms with Gasteiger partial charge < -0.3 is 5.11 Å². The zero-order valence-electron chi connectivity index (χ0n) is 17.4. The van der Waals surface area contributed by atoms with Crippen molar-refractivity contribution in [3.8, 4) is 0 Å². The maximum atomic E-state index is 10.4. The van der Waals surface area contributed by atoms with Crippen LogP contribution < -0.4 is 0 Å². The highest BCUT2D eigenvalue weighted by atomic mass is 17.9. The highest BCUT2D eigenvalue weighted by Gasteiger charge is 1.98. The number of aliphatic carboxylic acids is 1. The third-order valence-corrected chi connectivity index (χ3v) is 4.56. The van der Waals surface area contributed by atoms with Crippen LogP contribution in [0.25, 0.3) is 0 Å². The number of carbonyl (C=O) groups is 1. The van der Waals surface area contributed by atoms with E-state index in [9.17, 15) is 4.79 Å². The van der Waals surface area contributed by atoms with Gasteiger partial charge in [0.1, 0.15) is 0 Å². The maximum absolute atomic E-state index is 10.4. The molecule has 0 radical (unpaired) electrons. The lowest BCUT2D eigenvalue weighted by atomic mass is 10.0. The van der Waals surface area contributed by atoms with Crippen LogP contribution in [0.2, 0.25) is 0 Å². The Hall–Kier alpha value is -0.850. The zero-order valence-corrected chi connectivity index (χ0v) is 17.4. The second kappa shape index (κ2) is 25.2. The molecule has 0 aromatic heterocycles. The van der Waals surface area contributed by atoms with Crippen molar-refractivity contribution in [3.05, 3.63) is 0 Å². The molecule has 0 amide bonds. The first-order valence-corrected chi connectivity index (χ1v) is 10.8. The number of rotatable bonds is 25. The first kappa shape index (κ1) is 28.1. The lowest BCUT2D eigenvalue weighted by Gasteiger charge is -2.04. The highest BCUT2D eigenvalue weighted by Crippen LogP contribution is 2.14. The van der Waals surface area contributed by atoms with Gasteiger partial charge in [-0.25, -0.2) is 10.1 Å². The van der Waals surface area contributed by atoms with E-state index in [1.54, 1.807) is 0 Å². The fourth-order valence-electron chi connectivity index (χ4n) is 3.01.